The number of hydrogen-bond donors (Lipinski definition) is 1. The summed E-state index contributed by atoms with van der Waals surface area (Å²) in [5.41, 5.74) is 7.19. The van der Waals surface area contributed by atoms with Crippen LogP contribution >= 0.6 is 22.6 Å². The molecule has 0 aromatic carbocycles. The predicted octanol–water partition coefficient (Wildman–Crippen LogP) is 2.21. The molecule has 0 aliphatic heterocycles. The van der Waals surface area contributed by atoms with Crippen LogP contribution in [-0.4, -0.2) is 4.05 Å². The molecule has 0 fully saturated rings. The third kappa shape index (κ3) is 2.67. The van der Waals surface area contributed by atoms with Gasteiger partial charge in [-0.1, -0.05) is 34.2 Å². The largest absolute Gasteiger partial charge is 0.320 e. The Morgan fingerprint density at radius 2 is 2.44 bits per heavy atom. The highest BCUT2D eigenvalue weighted by Crippen LogP contribution is 2.23. The molecule has 0 radical (unpaired) electrons. The number of halogens is 1. The van der Waals surface area contributed by atoms with E-state index < -0.39 is 0 Å². The molecule has 0 spiro atoms. The summed E-state index contributed by atoms with van der Waals surface area (Å²) < 4.78 is 0.351. The molecule has 52 valence electrons. The molecule has 1 aliphatic rings. The second-order valence-electron chi connectivity index (χ2n) is 2.46. The maximum Gasteiger partial charge on any atom is 0.0571 e. The van der Waals surface area contributed by atoms with Gasteiger partial charge in [-0.2, -0.15) is 0 Å². The van der Waals surface area contributed by atoms with E-state index in [9.17, 15) is 0 Å². The summed E-state index contributed by atoms with van der Waals surface area (Å²) in [6.45, 7) is 0. The molecule has 1 rings (SSSR count). The van der Waals surface area contributed by atoms with E-state index in [-0.39, 0.29) is 0 Å². The van der Waals surface area contributed by atoms with E-state index in [4.69, 9.17) is 5.73 Å². The summed E-state index contributed by atoms with van der Waals surface area (Å²) >= 11 is 2.27. The Morgan fingerprint density at radius 1 is 1.78 bits per heavy atom. The van der Waals surface area contributed by atoms with Gasteiger partial charge in [0.1, 0.15) is 0 Å². The summed E-state index contributed by atoms with van der Waals surface area (Å²) in [7, 11) is 0. The van der Waals surface area contributed by atoms with Crippen molar-refractivity contribution < 1.29 is 0 Å². The van der Waals surface area contributed by atoms with E-state index in [1.807, 2.05) is 0 Å². The summed E-state index contributed by atoms with van der Waals surface area (Å²) in [4.78, 5) is 0. The molecule has 1 unspecified atom stereocenters. The molecule has 2 heteroatoms. The standard InChI is InChI=1S/C7H12IN/c8-7(9)5-4-6-2-1-3-6/h2,7H,1,3-5,9H2. The van der Waals surface area contributed by atoms with Gasteiger partial charge in [0.25, 0.3) is 0 Å². The first-order chi connectivity index (χ1) is 4.29. The van der Waals surface area contributed by atoms with E-state index in [1.165, 1.54) is 19.3 Å². The third-order valence-electron chi connectivity index (χ3n) is 1.64. The van der Waals surface area contributed by atoms with Crippen LogP contribution in [0.25, 0.3) is 0 Å². The highest BCUT2D eigenvalue weighted by Gasteiger charge is 2.05. The van der Waals surface area contributed by atoms with Crippen molar-refractivity contribution in [2.24, 2.45) is 5.73 Å². The lowest BCUT2D eigenvalue weighted by atomic mass is 9.95. The van der Waals surface area contributed by atoms with E-state index in [0.29, 0.717) is 4.05 Å². The van der Waals surface area contributed by atoms with Crippen LogP contribution in [0.1, 0.15) is 25.7 Å². The highest BCUT2D eigenvalue weighted by molar-refractivity contribution is 14.1. The molecule has 0 aromatic heterocycles. The van der Waals surface area contributed by atoms with Crippen LogP contribution < -0.4 is 5.73 Å². The van der Waals surface area contributed by atoms with Gasteiger partial charge in [-0.15, -0.1) is 0 Å². The zero-order chi connectivity index (χ0) is 6.69. The fraction of sp³-hybridized carbons (Fsp3) is 0.714. The molecule has 0 bridgehead atoms. The Kier molecular flexibility index (Phi) is 2.98. The first kappa shape index (κ1) is 7.54. The lowest BCUT2D eigenvalue weighted by molar-refractivity contribution is 0.723. The molecule has 1 atom stereocenters. The van der Waals surface area contributed by atoms with Crippen LogP contribution in [-0.2, 0) is 0 Å². The minimum atomic E-state index is 0.351. The molecule has 0 aromatic rings. The maximum atomic E-state index is 5.58. The second kappa shape index (κ2) is 3.56. The summed E-state index contributed by atoms with van der Waals surface area (Å²) in [5, 5.41) is 0. The van der Waals surface area contributed by atoms with Crippen LogP contribution in [0.15, 0.2) is 11.6 Å². The second-order valence-corrected chi connectivity index (χ2v) is 4.06. The minimum Gasteiger partial charge on any atom is -0.320 e. The first-order valence-electron chi connectivity index (χ1n) is 3.36. The van der Waals surface area contributed by atoms with Crippen LogP contribution in [0.4, 0.5) is 0 Å². The molecule has 1 aliphatic carbocycles. The average molecular weight is 237 g/mol. The van der Waals surface area contributed by atoms with Crippen molar-refractivity contribution in [2.75, 3.05) is 0 Å². The van der Waals surface area contributed by atoms with Gasteiger partial charge >= 0.3 is 0 Å². The fourth-order valence-electron chi connectivity index (χ4n) is 0.899. The molecule has 0 heterocycles. The van der Waals surface area contributed by atoms with Gasteiger partial charge in [0.15, 0.2) is 0 Å². The Bertz CT molecular complexity index is 118. The zero-order valence-electron chi connectivity index (χ0n) is 5.44. The lowest BCUT2D eigenvalue weighted by Crippen LogP contribution is -2.11. The van der Waals surface area contributed by atoms with Gasteiger partial charge in [0.05, 0.1) is 4.05 Å². The van der Waals surface area contributed by atoms with Crippen molar-refractivity contribution in [3.63, 3.8) is 0 Å². The van der Waals surface area contributed by atoms with Gasteiger partial charge in [-0.3, -0.25) is 0 Å². The third-order valence-corrected chi connectivity index (χ3v) is 2.26. The van der Waals surface area contributed by atoms with Crippen molar-refractivity contribution in [3.05, 3.63) is 11.6 Å². The monoisotopic (exact) mass is 237 g/mol. The smallest absolute Gasteiger partial charge is 0.0571 e. The Balaban J connectivity index is 2.05. The van der Waals surface area contributed by atoms with Crippen LogP contribution in [0, 0.1) is 0 Å². The fourth-order valence-corrected chi connectivity index (χ4v) is 1.21. The van der Waals surface area contributed by atoms with Gasteiger partial charge in [-0.25, -0.2) is 0 Å². The predicted molar refractivity (Wildman–Crippen MR) is 48.5 cm³/mol. The average Bonchev–Trinajstić information content (AvgIpc) is 1.60. The maximum absolute atomic E-state index is 5.58. The Morgan fingerprint density at radius 3 is 2.78 bits per heavy atom. The van der Waals surface area contributed by atoms with Crippen molar-refractivity contribution in [3.8, 4) is 0 Å². The minimum absolute atomic E-state index is 0.351. The van der Waals surface area contributed by atoms with Gasteiger partial charge in [0.2, 0.25) is 0 Å². The normalized spacial score (nSPS) is 20.4. The van der Waals surface area contributed by atoms with Gasteiger partial charge < -0.3 is 5.73 Å². The number of alkyl halides is 1. The Hall–Kier alpha value is 0.430. The van der Waals surface area contributed by atoms with Crippen LogP contribution in [0.2, 0.25) is 0 Å². The number of rotatable bonds is 3. The van der Waals surface area contributed by atoms with Gasteiger partial charge in [0, 0.05) is 0 Å². The van der Waals surface area contributed by atoms with Crippen molar-refractivity contribution in [2.45, 2.75) is 29.7 Å². The Labute approximate surface area is 69.8 Å². The molecule has 1 nitrogen and oxygen atoms in total. The molecule has 9 heavy (non-hydrogen) atoms. The van der Waals surface area contributed by atoms with E-state index in [0.717, 1.165) is 6.42 Å². The number of allylic oxidation sites excluding steroid dienone is 2. The molecule has 0 amide bonds. The molecular formula is C7H12IN. The highest BCUT2D eigenvalue weighted by atomic mass is 127. The summed E-state index contributed by atoms with van der Waals surface area (Å²) in [5.74, 6) is 0. The topological polar surface area (TPSA) is 26.0 Å². The molecular weight excluding hydrogens is 225 g/mol. The van der Waals surface area contributed by atoms with Crippen molar-refractivity contribution in [1.29, 1.82) is 0 Å². The van der Waals surface area contributed by atoms with Crippen LogP contribution in [0.3, 0.4) is 0 Å². The molecule has 0 saturated carbocycles. The summed E-state index contributed by atoms with van der Waals surface area (Å²) in [6.07, 6.45) is 7.31. The number of nitrogens with two attached hydrogens (primary N) is 1. The van der Waals surface area contributed by atoms with Crippen molar-refractivity contribution >= 4 is 22.6 Å². The van der Waals surface area contributed by atoms with Crippen molar-refractivity contribution in [1.82, 2.24) is 0 Å². The first-order valence-corrected chi connectivity index (χ1v) is 4.61. The van der Waals surface area contributed by atoms with Gasteiger partial charge in [-0.05, 0) is 25.7 Å². The van der Waals surface area contributed by atoms with E-state index in [2.05, 4.69) is 28.7 Å². The summed E-state index contributed by atoms with van der Waals surface area (Å²) in [6, 6.07) is 0. The molecule has 2 N–H and O–H groups in total. The zero-order valence-corrected chi connectivity index (χ0v) is 7.60. The number of hydrogen-bond acceptors (Lipinski definition) is 1. The quantitative estimate of drug-likeness (QED) is 0.346. The van der Waals surface area contributed by atoms with E-state index in [1.54, 1.807) is 5.57 Å². The SMILES string of the molecule is NC(I)CCC1=CCC1. The van der Waals surface area contributed by atoms with E-state index >= 15 is 0 Å². The van der Waals surface area contributed by atoms with Crippen LogP contribution in [0.5, 0.6) is 0 Å². The molecule has 0 saturated heterocycles. The lowest BCUT2D eigenvalue weighted by Gasteiger charge is -2.14.